The number of nitrogens with zero attached hydrogens (tertiary/aromatic N) is 2. The Labute approximate surface area is 130 Å². The zero-order valence-electron chi connectivity index (χ0n) is 13.8. The highest BCUT2D eigenvalue weighted by Gasteiger charge is 2.41. The second kappa shape index (κ2) is 6.17. The van der Waals surface area contributed by atoms with Gasteiger partial charge in [-0.15, -0.1) is 0 Å². The van der Waals surface area contributed by atoms with Gasteiger partial charge in [0, 0.05) is 31.7 Å². The third-order valence-electron chi connectivity index (χ3n) is 6.82. The van der Waals surface area contributed by atoms with E-state index in [9.17, 15) is 0 Å². The summed E-state index contributed by atoms with van der Waals surface area (Å²) in [5.41, 5.74) is 0. The van der Waals surface area contributed by atoms with Crippen molar-refractivity contribution in [3.63, 3.8) is 0 Å². The summed E-state index contributed by atoms with van der Waals surface area (Å²) in [5, 5.41) is 3.58. The van der Waals surface area contributed by atoms with Gasteiger partial charge >= 0.3 is 0 Å². The van der Waals surface area contributed by atoms with E-state index in [1.165, 1.54) is 77.8 Å². The van der Waals surface area contributed by atoms with Gasteiger partial charge in [-0.3, -0.25) is 9.80 Å². The van der Waals surface area contributed by atoms with Gasteiger partial charge in [-0.1, -0.05) is 6.92 Å². The first-order chi connectivity index (χ1) is 10.3. The Morgan fingerprint density at radius 2 is 1.57 bits per heavy atom. The maximum absolute atomic E-state index is 3.58. The van der Waals surface area contributed by atoms with Crippen molar-refractivity contribution in [2.24, 2.45) is 17.8 Å². The lowest BCUT2D eigenvalue weighted by Gasteiger charge is -2.42. The van der Waals surface area contributed by atoms with Crippen LogP contribution >= 0.6 is 0 Å². The fraction of sp³-hybridized carbons (Fsp3) is 1.00. The molecule has 3 unspecified atom stereocenters. The average Bonchev–Trinajstić information content (AvgIpc) is 3.06. The van der Waals surface area contributed by atoms with Crippen LogP contribution in [0, 0.1) is 17.8 Å². The van der Waals surface area contributed by atoms with Crippen LogP contribution in [0.25, 0.3) is 0 Å². The summed E-state index contributed by atoms with van der Waals surface area (Å²) in [6, 6.07) is 1.73. The smallest absolute Gasteiger partial charge is 0.0221 e. The number of fused-ring (bicyclic) bond motifs is 1. The highest BCUT2D eigenvalue weighted by atomic mass is 15.2. The minimum Gasteiger partial charge on any atom is -0.315 e. The highest BCUT2D eigenvalue weighted by molar-refractivity contribution is 4.95. The van der Waals surface area contributed by atoms with E-state index in [0.717, 1.165) is 29.8 Å². The second-order valence-electron chi connectivity index (χ2n) is 8.32. The summed E-state index contributed by atoms with van der Waals surface area (Å²) in [6.45, 7) is 10.5. The Morgan fingerprint density at radius 1 is 0.857 bits per heavy atom. The minimum atomic E-state index is 0.832. The lowest BCUT2D eigenvalue weighted by molar-refractivity contribution is 0.0813. The molecule has 3 atom stereocenters. The van der Waals surface area contributed by atoms with E-state index < -0.39 is 0 Å². The normalized spacial score (nSPS) is 43.3. The summed E-state index contributed by atoms with van der Waals surface area (Å²) in [4.78, 5) is 5.65. The third kappa shape index (κ3) is 3.02. The van der Waals surface area contributed by atoms with E-state index in [4.69, 9.17) is 0 Å². The number of hydrogen-bond donors (Lipinski definition) is 1. The van der Waals surface area contributed by atoms with Crippen LogP contribution in [0.5, 0.6) is 0 Å². The van der Waals surface area contributed by atoms with Gasteiger partial charge in [0.25, 0.3) is 0 Å². The van der Waals surface area contributed by atoms with Crippen LogP contribution in [0.4, 0.5) is 0 Å². The minimum absolute atomic E-state index is 0.832. The molecule has 1 saturated carbocycles. The predicted molar refractivity (Wildman–Crippen MR) is 87.4 cm³/mol. The van der Waals surface area contributed by atoms with E-state index in [0.29, 0.717) is 0 Å². The van der Waals surface area contributed by atoms with E-state index >= 15 is 0 Å². The molecule has 0 bridgehead atoms. The molecule has 0 aromatic carbocycles. The van der Waals surface area contributed by atoms with Gasteiger partial charge in [0.2, 0.25) is 0 Å². The molecule has 4 rings (SSSR count). The van der Waals surface area contributed by atoms with Crippen LogP contribution in [-0.4, -0.2) is 61.2 Å². The molecule has 3 nitrogen and oxygen atoms in total. The molecule has 21 heavy (non-hydrogen) atoms. The van der Waals surface area contributed by atoms with Gasteiger partial charge in [-0.2, -0.15) is 0 Å². The zero-order chi connectivity index (χ0) is 14.2. The molecule has 3 heterocycles. The maximum Gasteiger partial charge on any atom is 0.0221 e. The van der Waals surface area contributed by atoms with E-state index in [1.807, 2.05) is 0 Å². The monoisotopic (exact) mass is 291 g/mol. The summed E-state index contributed by atoms with van der Waals surface area (Å²) in [7, 11) is 0. The van der Waals surface area contributed by atoms with Crippen LogP contribution < -0.4 is 5.32 Å². The maximum atomic E-state index is 3.58. The molecule has 0 aromatic rings. The number of piperidine rings is 2. The molecule has 0 aromatic heterocycles. The van der Waals surface area contributed by atoms with E-state index in [2.05, 4.69) is 22.0 Å². The number of rotatable bonds is 2. The molecule has 0 amide bonds. The van der Waals surface area contributed by atoms with E-state index in [-0.39, 0.29) is 0 Å². The molecule has 4 aliphatic rings. The topological polar surface area (TPSA) is 18.5 Å². The Balaban J connectivity index is 1.26. The molecule has 3 heteroatoms. The van der Waals surface area contributed by atoms with Crippen LogP contribution in [0.1, 0.15) is 45.4 Å². The fourth-order valence-electron chi connectivity index (χ4n) is 5.70. The highest BCUT2D eigenvalue weighted by Crippen LogP contribution is 2.42. The Morgan fingerprint density at radius 3 is 2.19 bits per heavy atom. The predicted octanol–water partition coefficient (Wildman–Crippen LogP) is 2.18. The summed E-state index contributed by atoms with van der Waals surface area (Å²) < 4.78 is 0. The first kappa shape index (κ1) is 14.5. The second-order valence-corrected chi connectivity index (χ2v) is 8.32. The lowest BCUT2D eigenvalue weighted by Crippen LogP contribution is -2.52. The van der Waals surface area contributed by atoms with Gasteiger partial charge in [0.1, 0.15) is 0 Å². The molecule has 1 aliphatic carbocycles. The van der Waals surface area contributed by atoms with Gasteiger partial charge in [0.15, 0.2) is 0 Å². The van der Waals surface area contributed by atoms with Crippen molar-refractivity contribution in [1.82, 2.24) is 15.1 Å². The molecule has 3 aliphatic heterocycles. The third-order valence-corrected chi connectivity index (χ3v) is 6.82. The first-order valence-corrected chi connectivity index (χ1v) is 9.48. The number of nitrogens with one attached hydrogen (secondary N) is 1. The van der Waals surface area contributed by atoms with Crippen LogP contribution in [0.2, 0.25) is 0 Å². The Hall–Kier alpha value is -0.120. The van der Waals surface area contributed by atoms with Crippen molar-refractivity contribution in [3.8, 4) is 0 Å². The van der Waals surface area contributed by atoms with Crippen molar-refractivity contribution >= 4 is 0 Å². The lowest BCUT2D eigenvalue weighted by atomic mass is 9.98. The van der Waals surface area contributed by atoms with Crippen LogP contribution in [0.3, 0.4) is 0 Å². The number of hydrogen-bond acceptors (Lipinski definition) is 3. The van der Waals surface area contributed by atoms with Gasteiger partial charge < -0.3 is 5.32 Å². The standard InChI is InChI=1S/C18H33N3/c1-14-9-15-12-21(13-16(15)10-14)17-4-7-20(8-5-17)18-3-2-6-19-11-18/h14-19H,2-13H2,1H3. The molecule has 0 spiro atoms. The molecule has 120 valence electrons. The average molecular weight is 291 g/mol. The van der Waals surface area contributed by atoms with Crippen molar-refractivity contribution < 1.29 is 0 Å². The molecular weight excluding hydrogens is 258 g/mol. The summed E-state index contributed by atoms with van der Waals surface area (Å²) in [5.74, 6) is 3.09. The van der Waals surface area contributed by atoms with Gasteiger partial charge in [0.05, 0.1) is 0 Å². The molecule has 1 N–H and O–H groups in total. The Kier molecular flexibility index (Phi) is 4.25. The molecular formula is C18H33N3. The summed E-state index contributed by atoms with van der Waals surface area (Å²) >= 11 is 0. The molecule has 4 fully saturated rings. The summed E-state index contributed by atoms with van der Waals surface area (Å²) in [6.07, 6.45) is 8.65. The fourth-order valence-corrected chi connectivity index (χ4v) is 5.70. The van der Waals surface area contributed by atoms with Crippen molar-refractivity contribution in [1.29, 1.82) is 0 Å². The van der Waals surface area contributed by atoms with Crippen LogP contribution in [0.15, 0.2) is 0 Å². The molecule has 3 saturated heterocycles. The first-order valence-electron chi connectivity index (χ1n) is 9.48. The SMILES string of the molecule is CC1CC2CN(C3CCN(C4CCCNC4)CC3)CC2C1. The van der Waals surface area contributed by atoms with Gasteiger partial charge in [-0.25, -0.2) is 0 Å². The zero-order valence-corrected chi connectivity index (χ0v) is 13.8. The van der Waals surface area contributed by atoms with Gasteiger partial charge in [-0.05, 0) is 75.9 Å². The van der Waals surface area contributed by atoms with E-state index in [1.54, 1.807) is 0 Å². The van der Waals surface area contributed by atoms with Crippen molar-refractivity contribution in [2.75, 3.05) is 39.3 Å². The quantitative estimate of drug-likeness (QED) is 0.841. The van der Waals surface area contributed by atoms with Crippen LogP contribution in [-0.2, 0) is 0 Å². The van der Waals surface area contributed by atoms with Crippen molar-refractivity contribution in [2.45, 2.75) is 57.5 Å². The largest absolute Gasteiger partial charge is 0.315 e. The number of likely N-dealkylation sites (tertiary alicyclic amines) is 2. The molecule has 0 radical (unpaired) electrons. The van der Waals surface area contributed by atoms with Crippen molar-refractivity contribution in [3.05, 3.63) is 0 Å². The Bertz CT molecular complexity index is 330.